The van der Waals surface area contributed by atoms with Crippen molar-refractivity contribution in [3.8, 4) is 89.9 Å². The second-order valence-corrected chi connectivity index (χ2v) is 16.0. The molecule has 12 rings (SSSR count). The van der Waals surface area contributed by atoms with Crippen LogP contribution in [-0.4, -0.2) is 9.97 Å². The monoisotopic (exact) mass is 790 g/mol. The van der Waals surface area contributed by atoms with Crippen LogP contribution in [0.3, 0.4) is 0 Å². The van der Waals surface area contributed by atoms with Crippen molar-refractivity contribution in [1.82, 2.24) is 9.97 Å². The van der Waals surface area contributed by atoms with Crippen molar-refractivity contribution >= 4 is 0 Å². The van der Waals surface area contributed by atoms with E-state index in [-0.39, 0.29) is 0 Å². The van der Waals surface area contributed by atoms with Crippen LogP contribution in [0.25, 0.3) is 78.4 Å². The lowest BCUT2D eigenvalue weighted by molar-refractivity contribution is 0.438. The van der Waals surface area contributed by atoms with Gasteiger partial charge in [0.2, 0.25) is 0 Å². The Labute approximate surface area is 361 Å². The maximum atomic E-state index is 7.12. The second-order valence-electron chi connectivity index (χ2n) is 16.0. The van der Waals surface area contributed by atoms with Crippen molar-refractivity contribution in [2.75, 3.05) is 0 Å². The molecule has 9 aromatic carbocycles. The predicted molar refractivity (Wildman–Crippen MR) is 252 cm³/mol. The van der Waals surface area contributed by atoms with Gasteiger partial charge >= 0.3 is 0 Å². The molecule has 0 atom stereocenters. The van der Waals surface area contributed by atoms with Crippen molar-refractivity contribution in [1.29, 1.82) is 0 Å². The van der Waals surface area contributed by atoms with Crippen molar-refractivity contribution in [2.45, 2.75) is 5.41 Å². The minimum Gasteiger partial charge on any atom is -0.456 e. The molecule has 290 valence electrons. The van der Waals surface area contributed by atoms with Crippen molar-refractivity contribution in [3.05, 3.63) is 253 Å². The van der Waals surface area contributed by atoms with Gasteiger partial charge < -0.3 is 4.74 Å². The topological polar surface area (TPSA) is 35.0 Å². The third-order valence-electron chi connectivity index (χ3n) is 12.6. The average molecular weight is 791 g/mol. The maximum Gasteiger partial charge on any atom is 0.160 e. The summed E-state index contributed by atoms with van der Waals surface area (Å²) in [6.07, 6.45) is 0. The number of fused-ring (bicyclic) bond motifs is 9. The van der Waals surface area contributed by atoms with Crippen molar-refractivity contribution in [3.63, 3.8) is 0 Å². The molecule has 0 N–H and O–H groups in total. The molecular formula is C59H38N2O. The summed E-state index contributed by atoms with van der Waals surface area (Å²) in [7, 11) is 0. The van der Waals surface area contributed by atoms with Crippen LogP contribution in [0, 0.1) is 0 Å². The Morgan fingerprint density at radius 2 is 0.726 bits per heavy atom. The molecule has 3 heteroatoms. The lowest BCUT2D eigenvalue weighted by atomic mass is 9.65. The zero-order valence-corrected chi connectivity index (χ0v) is 33.7. The number of rotatable bonds is 6. The smallest absolute Gasteiger partial charge is 0.160 e. The first-order chi connectivity index (χ1) is 30.7. The lowest BCUT2D eigenvalue weighted by Crippen LogP contribution is -2.32. The minimum absolute atomic E-state index is 0.560. The van der Waals surface area contributed by atoms with Gasteiger partial charge in [-0.1, -0.05) is 218 Å². The molecule has 0 radical (unpaired) electrons. The number of nitrogens with zero attached hydrogens (tertiary/aromatic N) is 2. The highest BCUT2D eigenvalue weighted by Gasteiger charge is 2.51. The zero-order chi connectivity index (χ0) is 41.0. The molecular weight excluding hydrogens is 753 g/mol. The highest BCUT2D eigenvalue weighted by Crippen LogP contribution is 2.63. The summed E-state index contributed by atoms with van der Waals surface area (Å²) in [5.41, 5.74) is 18.1. The molecule has 1 aliphatic carbocycles. The van der Waals surface area contributed by atoms with E-state index in [1.54, 1.807) is 0 Å². The highest BCUT2D eigenvalue weighted by atomic mass is 16.5. The van der Waals surface area contributed by atoms with E-state index in [9.17, 15) is 0 Å². The summed E-state index contributed by atoms with van der Waals surface area (Å²) in [4.78, 5) is 10.6. The molecule has 3 nitrogen and oxygen atoms in total. The van der Waals surface area contributed by atoms with Crippen LogP contribution >= 0.6 is 0 Å². The molecule has 1 aliphatic heterocycles. The largest absolute Gasteiger partial charge is 0.456 e. The van der Waals surface area contributed by atoms with Gasteiger partial charge in [-0.15, -0.1) is 0 Å². The quantitative estimate of drug-likeness (QED) is 0.168. The summed E-state index contributed by atoms with van der Waals surface area (Å²) in [6, 6.07) is 81.8. The van der Waals surface area contributed by atoms with E-state index in [2.05, 4.69) is 218 Å². The van der Waals surface area contributed by atoms with Gasteiger partial charge in [-0.2, -0.15) is 0 Å². The van der Waals surface area contributed by atoms with Crippen LogP contribution in [0.15, 0.2) is 231 Å². The molecule has 0 bridgehead atoms. The minimum atomic E-state index is -0.560. The first kappa shape index (κ1) is 35.8. The molecule has 62 heavy (non-hydrogen) atoms. The lowest BCUT2D eigenvalue weighted by Gasteiger charge is -2.40. The Bertz CT molecular complexity index is 3150. The first-order valence-electron chi connectivity index (χ1n) is 21.1. The third-order valence-corrected chi connectivity index (χ3v) is 12.6. The second kappa shape index (κ2) is 14.5. The summed E-state index contributed by atoms with van der Waals surface area (Å²) >= 11 is 0. The number of para-hydroxylation sites is 2. The molecule has 0 amide bonds. The Morgan fingerprint density at radius 1 is 0.290 bits per heavy atom. The Kier molecular flexibility index (Phi) is 8.39. The van der Waals surface area contributed by atoms with Crippen LogP contribution in [0.1, 0.15) is 22.3 Å². The summed E-state index contributed by atoms with van der Waals surface area (Å²) in [5.74, 6) is 2.38. The Morgan fingerprint density at radius 3 is 1.35 bits per heavy atom. The van der Waals surface area contributed by atoms with Crippen molar-refractivity contribution in [2.24, 2.45) is 0 Å². The molecule has 2 aliphatic rings. The summed E-state index contributed by atoms with van der Waals surface area (Å²) < 4.78 is 7.12. The van der Waals surface area contributed by atoms with E-state index in [4.69, 9.17) is 14.7 Å². The van der Waals surface area contributed by atoms with E-state index in [1.165, 1.54) is 33.4 Å². The van der Waals surface area contributed by atoms with Gasteiger partial charge in [0, 0.05) is 33.4 Å². The van der Waals surface area contributed by atoms with Gasteiger partial charge in [0.1, 0.15) is 11.5 Å². The molecule has 0 unspecified atom stereocenters. The van der Waals surface area contributed by atoms with E-state index in [0.717, 1.165) is 73.0 Å². The van der Waals surface area contributed by atoms with Crippen molar-refractivity contribution < 1.29 is 4.74 Å². The fraction of sp³-hybridized carbons (Fsp3) is 0.0169. The first-order valence-corrected chi connectivity index (χ1v) is 21.1. The molecule has 0 fully saturated rings. The molecule has 0 saturated heterocycles. The van der Waals surface area contributed by atoms with Gasteiger partial charge in [-0.3, -0.25) is 0 Å². The van der Waals surface area contributed by atoms with Gasteiger partial charge in [0.15, 0.2) is 5.82 Å². The summed E-state index contributed by atoms with van der Waals surface area (Å²) in [5, 5.41) is 0. The van der Waals surface area contributed by atoms with Crippen LogP contribution in [0.4, 0.5) is 0 Å². The van der Waals surface area contributed by atoms with E-state index >= 15 is 0 Å². The van der Waals surface area contributed by atoms with Gasteiger partial charge in [0.25, 0.3) is 0 Å². The predicted octanol–water partition coefficient (Wildman–Crippen LogP) is 14.9. The number of hydrogen-bond acceptors (Lipinski definition) is 3. The molecule has 0 saturated carbocycles. The van der Waals surface area contributed by atoms with Crippen LogP contribution in [0.5, 0.6) is 11.5 Å². The van der Waals surface area contributed by atoms with E-state index < -0.39 is 5.41 Å². The van der Waals surface area contributed by atoms with Crippen LogP contribution < -0.4 is 4.74 Å². The number of aromatic nitrogens is 2. The van der Waals surface area contributed by atoms with Gasteiger partial charge in [-0.25, -0.2) is 9.97 Å². The fourth-order valence-corrected chi connectivity index (χ4v) is 9.80. The molecule has 10 aromatic rings. The number of benzene rings is 9. The standard InChI is InChI=1S/C59H38N2O/c1-3-16-39(17-4-1)41-30-34-43(35-31-41)54-38-55(61-58(60-54)44-36-32-42(33-37-44)40-18-5-2-6-19-40)48-23-8-7-20-45(48)49-24-15-28-53-57(49)62-56-29-14-13-27-52(56)59(53)50-25-11-9-21-46(50)47-22-10-12-26-51(47)59/h1-38H. The van der Waals surface area contributed by atoms with Crippen LogP contribution in [0.2, 0.25) is 0 Å². The third kappa shape index (κ3) is 5.67. The summed E-state index contributed by atoms with van der Waals surface area (Å²) in [6.45, 7) is 0. The molecule has 1 spiro atoms. The number of ether oxygens (including phenoxy) is 1. The average Bonchev–Trinajstić information content (AvgIpc) is 3.65. The van der Waals surface area contributed by atoms with E-state index in [1.807, 2.05) is 12.1 Å². The molecule has 1 aromatic heterocycles. The van der Waals surface area contributed by atoms with Crippen LogP contribution in [-0.2, 0) is 5.41 Å². The maximum absolute atomic E-state index is 7.12. The van der Waals surface area contributed by atoms with Gasteiger partial charge in [0.05, 0.1) is 16.8 Å². The Balaban J connectivity index is 1.05. The Hall–Kier alpha value is -8.14. The fourth-order valence-electron chi connectivity index (χ4n) is 9.80. The number of hydrogen-bond donors (Lipinski definition) is 0. The highest BCUT2D eigenvalue weighted by molar-refractivity contribution is 5.93. The SMILES string of the molecule is c1ccc(-c2ccc(-c3cc(-c4ccccc4-c4cccc5c4Oc4ccccc4C54c5ccccc5-c5ccccc54)nc(-c4ccc(-c5ccccc5)cc4)n3)cc2)cc1. The van der Waals surface area contributed by atoms with Gasteiger partial charge in [-0.05, 0) is 62.2 Å². The zero-order valence-electron chi connectivity index (χ0n) is 33.7. The molecule has 2 heterocycles. The van der Waals surface area contributed by atoms with E-state index in [0.29, 0.717) is 5.82 Å². The normalized spacial score (nSPS) is 12.8.